The van der Waals surface area contributed by atoms with Crippen LogP contribution in [0.5, 0.6) is 0 Å². The van der Waals surface area contributed by atoms with Crippen LogP contribution >= 0.6 is 0 Å². The molecule has 0 saturated heterocycles. The number of aromatic nitrogens is 4. The van der Waals surface area contributed by atoms with Crippen LogP contribution in [-0.2, 0) is 21.6 Å². The van der Waals surface area contributed by atoms with Gasteiger partial charge in [0.25, 0.3) is 0 Å². The number of nitrogens with one attached hydrogen (secondary N) is 2. The van der Waals surface area contributed by atoms with Gasteiger partial charge in [-0.1, -0.05) is 18.7 Å². The molecule has 0 amide bonds. The molecule has 2 aliphatic rings. The summed E-state index contributed by atoms with van der Waals surface area (Å²) >= 11 is 0. The van der Waals surface area contributed by atoms with Crippen molar-refractivity contribution in [3.63, 3.8) is 0 Å². The van der Waals surface area contributed by atoms with Gasteiger partial charge in [0, 0.05) is 45.1 Å². The van der Waals surface area contributed by atoms with Crippen molar-refractivity contribution in [3.8, 4) is 0 Å². The number of aromatic amines is 2. The Bertz CT molecular complexity index is 1950. The van der Waals surface area contributed by atoms with Gasteiger partial charge in [0.1, 0.15) is 5.60 Å². The minimum Gasteiger partial charge on any atom is -0.550 e. The molecule has 3 aromatic rings. The molecule has 3 aromatic heterocycles. The van der Waals surface area contributed by atoms with E-state index in [1.54, 1.807) is 31.2 Å². The normalized spacial score (nSPS) is 16.6. The fraction of sp³-hybridized carbons (Fsp3) is 0.294. The van der Waals surface area contributed by atoms with Crippen molar-refractivity contribution in [1.29, 1.82) is 0 Å². The van der Waals surface area contributed by atoms with E-state index in [0.29, 0.717) is 44.9 Å². The largest absolute Gasteiger partial charge is 1.00 e. The number of rotatable bonds is 8. The molecule has 2 aliphatic heterocycles. The molecule has 10 nitrogen and oxygen atoms in total. The summed E-state index contributed by atoms with van der Waals surface area (Å²) in [6, 6.07) is 7.21. The molecule has 1 unspecified atom stereocenters. The van der Waals surface area contributed by atoms with Gasteiger partial charge in [0.05, 0.1) is 29.4 Å². The van der Waals surface area contributed by atoms with Crippen LogP contribution < -0.4 is 69.3 Å². The molecule has 0 aromatic carbocycles. The number of hydrogen-bond donors (Lipinski definition) is 4. The van der Waals surface area contributed by atoms with Crippen LogP contribution in [0.2, 0.25) is 0 Å². The first-order valence-electron chi connectivity index (χ1n) is 14.4. The van der Waals surface area contributed by atoms with Gasteiger partial charge in [-0.05, 0) is 105 Å². The van der Waals surface area contributed by atoms with Crippen LogP contribution in [0, 0.1) is 13.8 Å². The second-order valence-electron chi connectivity index (χ2n) is 11.3. The van der Waals surface area contributed by atoms with Crippen molar-refractivity contribution in [2.45, 2.75) is 59.0 Å². The Hall–Kier alpha value is -2.80. The van der Waals surface area contributed by atoms with Gasteiger partial charge in [0.15, 0.2) is 0 Å². The van der Waals surface area contributed by atoms with Crippen LogP contribution in [0.4, 0.5) is 0 Å². The van der Waals surface area contributed by atoms with Gasteiger partial charge < -0.3 is 40.0 Å². The van der Waals surface area contributed by atoms with Gasteiger partial charge >= 0.3 is 59.1 Å². The number of carbonyl (C=O) groups excluding carboxylic acids is 2. The quantitative estimate of drug-likeness (QED) is 0.188. The number of carboxylic acid groups (broad SMARTS) is 2. The summed E-state index contributed by atoms with van der Waals surface area (Å²) in [5.41, 5.74) is 8.34. The Kier molecular flexibility index (Phi) is 12.2. The maximum atomic E-state index is 11.7. The molecule has 8 bridgehead atoms. The van der Waals surface area contributed by atoms with Crippen LogP contribution in [0.15, 0.2) is 36.9 Å². The van der Waals surface area contributed by atoms with E-state index in [4.69, 9.17) is 9.97 Å². The van der Waals surface area contributed by atoms with Crippen molar-refractivity contribution < 1.29 is 89.1 Å². The van der Waals surface area contributed by atoms with Gasteiger partial charge in [-0.3, -0.25) is 0 Å². The number of aliphatic hydroxyl groups is 2. The van der Waals surface area contributed by atoms with E-state index in [-0.39, 0.29) is 91.4 Å². The Morgan fingerprint density at radius 1 is 0.870 bits per heavy atom. The maximum Gasteiger partial charge on any atom is 1.00 e. The number of allylic oxidation sites excluding steroid dienone is 2. The zero-order valence-electron chi connectivity index (χ0n) is 27.1. The average molecular weight is 641 g/mol. The second-order valence-corrected chi connectivity index (χ2v) is 11.3. The predicted molar refractivity (Wildman–Crippen MR) is 165 cm³/mol. The summed E-state index contributed by atoms with van der Waals surface area (Å²) in [4.78, 5) is 39.3. The Morgan fingerprint density at radius 3 is 2.09 bits per heavy atom. The molecule has 5 heterocycles. The Morgan fingerprint density at radius 2 is 1.46 bits per heavy atom. The van der Waals surface area contributed by atoms with Crippen LogP contribution in [0.3, 0.4) is 0 Å². The van der Waals surface area contributed by atoms with Gasteiger partial charge in [0.2, 0.25) is 0 Å². The Labute approximate surface area is 311 Å². The van der Waals surface area contributed by atoms with Gasteiger partial charge in [-0.2, -0.15) is 0 Å². The smallest absolute Gasteiger partial charge is 0.550 e. The number of H-pyrrole nitrogens is 2. The molecule has 228 valence electrons. The molecule has 46 heavy (non-hydrogen) atoms. The number of carboxylic acids is 2. The second kappa shape index (κ2) is 15.0. The zero-order chi connectivity index (χ0) is 31.9. The number of aliphatic hydroxyl groups excluding tert-OH is 1. The third-order valence-corrected chi connectivity index (χ3v) is 8.53. The molecular formula is C34H34N4Na2O6. The molecule has 5 rings (SSSR count). The first kappa shape index (κ1) is 37.7. The van der Waals surface area contributed by atoms with Crippen LogP contribution in [0.1, 0.15) is 78.1 Å². The zero-order valence-corrected chi connectivity index (χ0v) is 31.1. The SMILES string of the molecule is C=Cc1c(C)c2cc3nc(cc4[nH]c(cc5nc(cc1[nH]2)C(C)(O)/C5=C\CO)c(C)c4CCC(=O)[O-])C(CCC(=O)[O-])=C3C.[Na+].[Na+]. The van der Waals surface area contributed by atoms with Gasteiger partial charge in [-0.25, -0.2) is 9.97 Å². The van der Waals surface area contributed by atoms with E-state index in [0.717, 1.165) is 38.9 Å². The Balaban J connectivity index is 0.00000288. The number of aliphatic carboxylic acids is 2. The number of nitrogens with zero attached hydrogens (tertiary/aromatic N) is 2. The molecule has 0 saturated carbocycles. The number of fused-ring (bicyclic) bond motifs is 8. The first-order chi connectivity index (χ1) is 20.8. The number of hydrogen-bond acceptors (Lipinski definition) is 8. The monoisotopic (exact) mass is 640 g/mol. The fourth-order valence-corrected chi connectivity index (χ4v) is 6.01. The molecular weight excluding hydrogens is 606 g/mol. The van der Waals surface area contributed by atoms with Crippen LogP contribution in [-0.4, -0.2) is 48.7 Å². The molecule has 0 aliphatic carbocycles. The number of carbonyl (C=O) groups is 2. The molecule has 0 radical (unpaired) electrons. The van der Waals surface area contributed by atoms with Crippen LogP contribution in [0.25, 0.3) is 44.9 Å². The minimum absolute atomic E-state index is 0. The van der Waals surface area contributed by atoms with Crippen molar-refractivity contribution in [2.75, 3.05) is 6.61 Å². The first-order valence-corrected chi connectivity index (χ1v) is 14.4. The van der Waals surface area contributed by atoms with E-state index < -0.39 is 17.5 Å². The van der Waals surface area contributed by atoms with Crippen molar-refractivity contribution in [3.05, 3.63) is 81.9 Å². The van der Waals surface area contributed by atoms with E-state index in [9.17, 15) is 30.0 Å². The summed E-state index contributed by atoms with van der Waals surface area (Å²) in [7, 11) is 0. The van der Waals surface area contributed by atoms with Gasteiger partial charge in [-0.15, -0.1) is 0 Å². The summed E-state index contributed by atoms with van der Waals surface area (Å²) in [5, 5.41) is 44.4. The predicted octanol–water partition coefficient (Wildman–Crippen LogP) is -2.99. The topological polar surface area (TPSA) is 178 Å². The molecule has 1 atom stereocenters. The van der Waals surface area contributed by atoms with E-state index in [1.807, 2.05) is 26.8 Å². The van der Waals surface area contributed by atoms with Crippen molar-refractivity contribution in [1.82, 2.24) is 19.9 Å². The fourth-order valence-electron chi connectivity index (χ4n) is 6.01. The average Bonchev–Trinajstić information content (AvgIpc) is 3.59. The van der Waals surface area contributed by atoms with Crippen molar-refractivity contribution in [2.24, 2.45) is 0 Å². The van der Waals surface area contributed by atoms with Crippen molar-refractivity contribution >= 4 is 56.8 Å². The van der Waals surface area contributed by atoms with E-state index >= 15 is 0 Å². The summed E-state index contributed by atoms with van der Waals surface area (Å²) < 4.78 is 0. The summed E-state index contributed by atoms with van der Waals surface area (Å²) in [6.07, 6.45) is 3.23. The minimum atomic E-state index is -1.52. The van der Waals surface area contributed by atoms with E-state index in [2.05, 4.69) is 16.5 Å². The standard InChI is InChI=1S/C34H36N4O6.2Na/c1-6-20-17(2)24-13-25-18(3)21(7-9-32(40)41)27(35-25)15-28-22(8-10-33(42)43)19(4)26(36-28)14-30-23(11-12-39)34(5,44)31(38-30)16-29(20)37-24;;/h6,11,13-16,36-37,39,44H,1,7-10,12H2,2-5H3,(H,40,41)(H,42,43);;/q;2*+1/p-2/b23-11-,24-13?,25-13?,26-14?,27-15?,28-15?,29-16?,30-14?,31-16?;;. The molecule has 4 N–H and O–H groups in total. The number of aryl methyl sites for hydroxylation is 3. The molecule has 0 spiro atoms. The third-order valence-electron chi connectivity index (χ3n) is 8.53. The maximum absolute atomic E-state index is 11.7. The van der Waals surface area contributed by atoms with E-state index in [1.165, 1.54) is 6.08 Å². The molecule has 12 heteroatoms. The summed E-state index contributed by atoms with van der Waals surface area (Å²) in [5.74, 6) is -2.36. The third kappa shape index (κ3) is 7.19. The molecule has 0 fully saturated rings. The summed E-state index contributed by atoms with van der Waals surface area (Å²) in [6.45, 7) is 11.0.